The van der Waals surface area contributed by atoms with Gasteiger partial charge in [0, 0.05) is 61.9 Å². The first kappa shape index (κ1) is 24.9. The van der Waals surface area contributed by atoms with Crippen molar-refractivity contribution >= 4 is 23.0 Å². The number of piperidine rings is 1. The van der Waals surface area contributed by atoms with Gasteiger partial charge in [0.25, 0.3) is 5.56 Å². The lowest BCUT2D eigenvalue weighted by molar-refractivity contribution is -0.133. The largest absolute Gasteiger partial charge is 0.457 e. The normalized spacial score (nSPS) is 18.1. The highest BCUT2D eigenvalue weighted by atomic mass is 16.4. The van der Waals surface area contributed by atoms with Crippen LogP contribution in [0, 0.1) is 12.8 Å². The second-order valence-corrected chi connectivity index (χ2v) is 10.4. The van der Waals surface area contributed by atoms with E-state index in [2.05, 4.69) is 5.32 Å². The lowest BCUT2D eigenvalue weighted by Crippen LogP contribution is -2.49. The summed E-state index contributed by atoms with van der Waals surface area (Å²) >= 11 is 0. The van der Waals surface area contributed by atoms with Gasteiger partial charge in [-0.05, 0) is 25.3 Å². The molecule has 2 amide bonds. The van der Waals surface area contributed by atoms with Crippen molar-refractivity contribution in [1.82, 2.24) is 14.8 Å². The van der Waals surface area contributed by atoms with E-state index >= 15 is 0 Å². The Kier molecular flexibility index (Phi) is 6.42. The Bertz CT molecular complexity index is 1680. The predicted octanol–water partition coefficient (Wildman–Crippen LogP) is 3.22. The molecular formula is C30H29N3O6. The number of fused-ring (bicyclic) bond motifs is 5. The van der Waals surface area contributed by atoms with Crippen LogP contribution in [-0.4, -0.2) is 40.9 Å². The Morgan fingerprint density at radius 3 is 2.62 bits per heavy atom. The highest BCUT2D eigenvalue weighted by Crippen LogP contribution is 2.35. The molecule has 1 fully saturated rings. The lowest BCUT2D eigenvalue weighted by Gasteiger charge is -2.42. The van der Waals surface area contributed by atoms with Gasteiger partial charge in [-0.15, -0.1) is 0 Å². The molecule has 6 rings (SSSR count). The number of carbonyl (C=O) groups is 2. The molecule has 0 aliphatic carbocycles. The summed E-state index contributed by atoms with van der Waals surface area (Å²) in [6.07, 6.45) is 1.10. The van der Waals surface area contributed by atoms with Crippen molar-refractivity contribution in [2.24, 2.45) is 5.92 Å². The van der Waals surface area contributed by atoms with E-state index in [0.29, 0.717) is 36.7 Å². The monoisotopic (exact) mass is 527 g/mol. The smallest absolute Gasteiger partial charge is 0.250 e. The van der Waals surface area contributed by atoms with Crippen molar-refractivity contribution in [1.29, 1.82) is 0 Å². The van der Waals surface area contributed by atoms with Gasteiger partial charge in [0.2, 0.25) is 22.8 Å². The van der Waals surface area contributed by atoms with Crippen LogP contribution in [0.3, 0.4) is 0 Å². The van der Waals surface area contributed by atoms with Gasteiger partial charge in [0.05, 0.1) is 12.0 Å². The average Bonchev–Trinajstić information content (AvgIpc) is 3.28. The minimum Gasteiger partial charge on any atom is -0.457 e. The molecule has 3 aromatic heterocycles. The van der Waals surface area contributed by atoms with Crippen molar-refractivity contribution in [3.05, 3.63) is 92.2 Å². The van der Waals surface area contributed by atoms with Crippen LogP contribution in [0.4, 0.5) is 0 Å². The third-order valence-corrected chi connectivity index (χ3v) is 7.65. The highest BCUT2D eigenvalue weighted by molar-refractivity contribution is 5.90. The molecule has 2 aliphatic heterocycles. The number of rotatable bonds is 6. The average molecular weight is 528 g/mol. The summed E-state index contributed by atoms with van der Waals surface area (Å²) < 4.78 is 13.5. The zero-order valence-electron chi connectivity index (χ0n) is 21.6. The Morgan fingerprint density at radius 2 is 1.79 bits per heavy atom. The fourth-order valence-electron chi connectivity index (χ4n) is 5.93. The number of amides is 2. The predicted molar refractivity (Wildman–Crippen MR) is 144 cm³/mol. The van der Waals surface area contributed by atoms with Crippen molar-refractivity contribution in [2.45, 2.75) is 38.6 Å². The minimum absolute atomic E-state index is 0.0138. The van der Waals surface area contributed by atoms with Crippen molar-refractivity contribution in [3.8, 4) is 11.3 Å². The van der Waals surface area contributed by atoms with Gasteiger partial charge in [0.1, 0.15) is 11.5 Å². The molecule has 39 heavy (non-hydrogen) atoms. The number of aromatic nitrogens is 1. The summed E-state index contributed by atoms with van der Waals surface area (Å²) in [4.78, 5) is 52.6. The van der Waals surface area contributed by atoms with E-state index in [-0.39, 0.29) is 65.2 Å². The highest BCUT2D eigenvalue weighted by Gasteiger charge is 2.36. The van der Waals surface area contributed by atoms with Crippen molar-refractivity contribution in [2.75, 3.05) is 19.6 Å². The first-order chi connectivity index (χ1) is 18.9. The van der Waals surface area contributed by atoms with Crippen molar-refractivity contribution < 1.29 is 18.4 Å². The maximum atomic E-state index is 13.0. The van der Waals surface area contributed by atoms with E-state index in [0.717, 1.165) is 17.7 Å². The Hall–Kier alpha value is -4.40. The van der Waals surface area contributed by atoms with Crippen LogP contribution < -0.4 is 16.3 Å². The second-order valence-electron chi connectivity index (χ2n) is 10.4. The zero-order chi connectivity index (χ0) is 27.1. The molecular weight excluding hydrogens is 498 g/mol. The number of furan rings is 1. The van der Waals surface area contributed by atoms with Gasteiger partial charge in [0.15, 0.2) is 5.58 Å². The van der Waals surface area contributed by atoms with Crippen LogP contribution in [0.15, 0.2) is 73.0 Å². The quantitative estimate of drug-likeness (QED) is 0.412. The van der Waals surface area contributed by atoms with Gasteiger partial charge in [-0.1, -0.05) is 36.4 Å². The van der Waals surface area contributed by atoms with Gasteiger partial charge in [-0.2, -0.15) is 0 Å². The number of pyridine rings is 1. The fraction of sp³-hybridized carbons (Fsp3) is 0.333. The van der Waals surface area contributed by atoms with E-state index in [1.165, 1.54) is 6.07 Å². The van der Waals surface area contributed by atoms with Crippen LogP contribution in [0.5, 0.6) is 0 Å². The summed E-state index contributed by atoms with van der Waals surface area (Å²) in [5.41, 5.74) is 2.29. The molecule has 0 radical (unpaired) electrons. The van der Waals surface area contributed by atoms with E-state index < -0.39 is 0 Å². The van der Waals surface area contributed by atoms with Gasteiger partial charge < -0.3 is 23.6 Å². The molecule has 1 aromatic carbocycles. The van der Waals surface area contributed by atoms with E-state index in [4.69, 9.17) is 8.83 Å². The SMILES string of the molecule is Cc1cc(=O)c2oc(-c3ccccc3)c(CC(=O)NCCC(=O)N3C[C@H]4C[C@@H](C3)c3cccc(=O)n3C4)c2o1. The number of hydrogen-bond donors (Lipinski definition) is 1. The number of benzene rings is 1. The minimum atomic E-state index is -0.304. The number of nitrogens with one attached hydrogen (secondary N) is 1. The molecule has 0 spiro atoms. The topological polar surface area (TPSA) is 115 Å². The van der Waals surface area contributed by atoms with Crippen LogP contribution in [0.25, 0.3) is 22.5 Å². The molecule has 0 unspecified atom stereocenters. The molecule has 4 aromatic rings. The number of likely N-dealkylation sites (tertiary alicyclic amines) is 1. The molecule has 0 saturated carbocycles. The van der Waals surface area contributed by atoms with Crippen LogP contribution in [0.2, 0.25) is 0 Å². The summed E-state index contributed by atoms with van der Waals surface area (Å²) in [6.45, 7) is 3.69. The summed E-state index contributed by atoms with van der Waals surface area (Å²) in [5.74, 6) is 0.932. The molecule has 5 heterocycles. The van der Waals surface area contributed by atoms with Gasteiger partial charge in [-0.3, -0.25) is 19.2 Å². The molecule has 9 heteroatoms. The molecule has 2 bridgehead atoms. The maximum Gasteiger partial charge on any atom is 0.250 e. The molecule has 1 N–H and O–H groups in total. The van der Waals surface area contributed by atoms with E-state index in [1.54, 1.807) is 19.1 Å². The molecule has 9 nitrogen and oxygen atoms in total. The standard InChI is InChI=1S/C30H29N3O6/c1-18-12-24(34)30-29(38-18)22(28(39-30)20-6-3-2-4-7-20)14-25(35)31-11-10-26(36)32-15-19-13-21(17-32)23-8-5-9-27(37)33(23)16-19/h2-9,12,19,21H,10-11,13-17H2,1H3,(H,31,35)/t19-,21+/m1/s1. The summed E-state index contributed by atoms with van der Waals surface area (Å²) in [7, 11) is 0. The first-order valence-corrected chi connectivity index (χ1v) is 13.2. The molecule has 2 atom stereocenters. The number of nitrogens with zero attached hydrogens (tertiary/aromatic N) is 2. The Labute approximate surface area is 224 Å². The van der Waals surface area contributed by atoms with Gasteiger partial charge >= 0.3 is 0 Å². The summed E-state index contributed by atoms with van der Waals surface area (Å²) in [5, 5.41) is 2.84. The summed E-state index contributed by atoms with van der Waals surface area (Å²) in [6, 6.07) is 16.0. The van der Waals surface area contributed by atoms with Crippen molar-refractivity contribution in [3.63, 3.8) is 0 Å². The Morgan fingerprint density at radius 1 is 0.974 bits per heavy atom. The Balaban J connectivity index is 1.12. The zero-order valence-corrected chi connectivity index (χ0v) is 21.6. The fourth-order valence-corrected chi connectivity index (χ4v) is 5.93. The van der Waals surface area contributed by atoms with E-state index in [9.17, 15) is 19.2 Å². The van der Waals surface area contributed by atoms with Crippen LogP contribution in [0.1, 0.15) is 35.8 Å². The maximum absolute atomic E-state index is 13.0. The van der Waals surface area contributed by atoms with Gasteiger partial charge in [-0.25, -0.2) is 0 Å². The molecule has 1 saturated heterocycles. The molecule has 2 aliphatic rings. The third kappa shape index (κ3) is 4.80. The van der Waals surface area contributed by atoms with E-state index in [1.807, 2.05) is 45.9 Å². The molecule has 200 valence electrons. The first-order valence-electron chi connectivity index (χ1n) is 13.2. The second kappa shape index (κ2) is 10.1. The number of aryl methyl sites for hydroxylation is 1. The number of carbonyl (C=O) groups excluding carboxylic acids is 2. The lowest BCUT2D eigenvalue weighted by atomic mass is 9.83. The van der Waals surface area contributed by atoms with Crippen LogP contribution >= 0.6 is 0 Å². The number of hydrogen-bond acceptors (Lipinski definition) is 6. The van der Waals surface area contributed by atoms with Crippen LogP contribution in [-0.2, 0) is 22.6 Å². The third-order valence-electron chi connectivity index (χ3n) is 7.65.